The van der Waals surface area contributed by atoms with Crippen molar-refractivity contribution in [2.24, 2.45) is 0 Å². The third kappa shape index (κ3) is 4.50. The van der Waals surface area contributed by atoms with Crippen LogP contribution in [0, 0.1) is 6.92 Å². The lowest BCUT2D eigenvalue weighted by molar-refractivity contribution is -0.111. The van der Waals surface area contributed by atoms with Gasteiger partial charge in [0.1, 0.15) is 0 Å². The highest BCUT2D eigenvalue weighted by molar-refractivity contribution is 6.31. The summed E-state index contributed by atoms with van der Waals surface area (Å²) in [4.78, 5) is 12.0. The Morgan fingerprint density at radius 3 is 2.48 bits per heavy atom. The van der Waals surface area contributed by atoms with Crippen molar-refractivity contribution in [1.82, 2.24) is 0 Å². The summed E-state index contributed by atoms with van der Waals surface area (Å²) in [7, 11) is 3.11. The molecule has 2 aromatic carbocycles. The number of rotatable bonds is 5. The Hall–Kier alpha value is -2.46. The van der Waals surface area contributed by atoms with Gasteiger partial charge in [0.25, 0.3) is 0 Å². The minimum atomic E-state index is -0.242. The van der Waals surface area contributed by atoms with Crippen molar-refractivity contribution in [3.05, 3.63) is 58.6 Å². The molecule has 2 rings (SSSR count). The fraction of sp³-hybridized carbons (Fsp3) is 0.167. The number of aryl methyl sites for hydroxylation is 1. The normalized spacial score (nSPS) is 10.6. The van der Waals surface area contributed by atoms with Crippen molar-refractivity contribution in [2.45, 2.75) is 6.92 Å². The second kappa shape index (κ2) is 7.70. The molecule has 23 heavy (non-hydrogen) atoms. The predicted molar refractivity (Wildman–Crippen MR) is 93.4 cm³/mol. The largest absolute Gasteiger partial charge is 0.493 e. The van der Waals surface area contributed by atoms with Crippen molar-refractivity contribution in [1.29, 1.82) is 0 Å². The van der Waals surface area contributed by atoms with Crippen molar-refractivity contribution >= 4 is 29.3 Å². The monoisotopic (exact) mass is 331 g/mol. The molecule has 0 spiro atoms. The molecule has 1 amide bonds. The Morgan fingerprint density at radius 1 is 1.09 bits per heavy atom. The Bertz CT molecular complexity index is 741. The van der Waals surface area contributed by atoms with E-state index in [4.69, 9.17) is 21.1 Å². The van der Waals surface area contributed by atoms with Gasteiger partial charge in [-0.15, -0.1) is 0 Å². The summed E-state index contributed by atoms with van der Waals surface area (Å²) in [5.74, 6) is 0.920. The minimum absolute atomic E-state index is 0.242. The van der Waals surface area contributed by atoms with Gasteiger partial charge in [0, 0.05) is 22.9 Å². The van der Waals surface area contributed by atoms with Gasteiger partial charge in [-0.2, -0.15) is 0 Å². The van der Waals surface area contributed by atoms with Crippen LogP contribution in [0.25, 0.3) is 6.08 Å². The fourth-order valence-corrected chi connectivity index (χ4v) is 2.17. The Morgan fingerprint density at radius 2 is 1.83 bits per heavy atom. The lowest BCUT2D eigenvalue weighted by Crippen LogP contribution is -2.07. The van der Waals surface area contributed by atoms with Crippen LogP contribution < -0.4 is 14.8 Å². The number of nitrogens with one attached hydrogen (secondary N) is 1. The summed E-state index contributed by atoms with van der Waals surface area (Å²) in [5.41, 5.74) is 2.49. The molecule has 0 unspecified atom stereocenters. The summed E-state index contributed by atoms with van der Waals surface area (Å²) in [6.07, 6.45) is 3.17. The number of carbonyl (C=O) groups is 1. The first-order valence-electron chi connectivity index (χ1n) is 7.00. The highest BCUT2D eigenvalue weighted by atomic mass is 35.5. The maximum absolute atomic E-state index is 12.0. The number of amides is 1. The number of benzene rings is 2. The predicted octanol–water partition coefficient (Wildman–Crippen LogP) is 4.32. The third-order valence-corrected chi connectivity index (χ3v) is 3.68. The quantitative estimate of drug-likeness (QED) is 0.830. The topological polar surface area (TPSA) is 47.6 Å². The van der Waals surface area contributed by atoms with E-state index in [0.29, 0.717) is 22.2 Å². The van der Waals surface area contributed by atoms with Crippen molar-refractivity contribution in [3.8, 4) is 11.5 Å². The molecule has 120 valence electrons. The van der Waals surface area contributed by atoms with Gasteiger partial charge >= 0.3 is 0 Å². The zero-order valence-corrected chi connectivity index (χ0v) is 14.0. The molecule has 0 saturated carbocycles. The molecule has 0 atom stereocenters. The molecular formula is C18H18ClNO3. The first-order valence-corrected chi connectivity index (χ1v) is 7.38. The van der Waals surface area contributed by atoms with Gasteiger partial charge in [0.15, 0.2) is 11.5 Å². The first kappa shape index (κ1) is 16.9. The molecule has 0 aromatic heterocycles. The van der Waals surface area contributed by atoms with Crippen LogP contribution in [0.1, 0.15) is 11.1 Å². The van der Waals surface area contributed by atoms with E-state index in [9.17, 15) is 4.79 Å². The zero-order chi connectivity index (χ0) is 16.8. The van der Waals surface area contributed by atoms with E-state index < -0.39 is 0 Å². The molecule has 0 heterocycles. The number of hydrogen-bond donors (Lipinski definition) is 1. The number of ether oxygens (including phenoxy) is 2. The average molecular weight is 332 g/mol. The van der Waals surface area contributed by atoms with E-state index in [2.05, 4.69) is 5.32 Å². The summed E-state index contributed by atoms with van der Waals surface area (Å²) >= 11 is 6.06. The van der Waals surface area contributed by atoms with E-state index in [-0.39, 0.29) is 5.91 Å². The highest BCUT2D eigenvalue weighted by Crippen LogP contribution is 2.29. The third-order valence-electron chi connectivity index (χ3n) is 3.27. The molecule has 0 radical (unpaired) electrons. The zero-order valence-electron chi connectivity index (χ0n) is 13.2. The molecule has 0 aliphatic rings. The molecule has 0 fully saturated rings. The second-order valence-corrected chi connectivity index (χ2v) is 5.31. The Kier molecular flexibility index (Phi) is 5.66. The maximum Gasteiger partial charge on any atom is 0.248 e. The van der Waals surface area contributed by atoms with Gasteiger partial charge in [-0.05, 0) is 42.3 Å². The summed E-state index contributed by atoms with van der Waals surface area (Å²) < 4.78 is 10.4. The number of anilines is 1. The minimum Gasteiger partial charge on any atom is -0.493 e. The number of halogens is 1. The summed E-state index contributed by atoms with van der Waals surface area (Å²) in [6, 6.07) is 10.8. The number of carbonyl (C=O) groups excluding carboxylic acids is 1. The van der Waals surface area contributed by atoms with Gasteiger partial charge in [-0.1, -0.05) is 23.7 Å². The molecule has 0 aliphatic heterocycles. The van der Waals surface area contributed by atoms with Gasteiger partial charge in [0.2, 0.25) is 5.91 Å². The summed E-state index contributed by atoms with van der Waals surface area (Å²) in [5, 5.41) is 3.44. The molecule has 0 bridgehead atoms. The van der Waals surface area contributed by atoms with Crippen LogP contribution in [-0.2, 0) is 4.79 Å². The van der Waals surface area contributed by atoms with Gasteiger partial charge in [-0.25, -0.2) is 0 Å². The van der Waals surface area contributed by atoms with E-state index in [1.165, 1.54) is 6.08 Å². The van der Waals surface area contributed by atoms with E-state index in [1.54, 1.807) is 38.5 Å². The molecule has 0 saturated heterocycles. The fourth-order valence-electron chi connectivity index (χ4n) is 1.98. The lowest BCUT2D eigenvalue weighted by atomic mass is 10.1. The van der Waals surface area contributed by atoms with Gasteiger partial charge in [-0.3, -0.25) is 4.79 Å². The Labute approximate surface area is 140 Å². The second-order valence-electron chi connectivity index (χ2n) is 4.90. The van der Waals surface area contributed by atoms with Crippen molar-refractivity contribution in [2.75, 3.05) is 19.5 Å². The van der Waals surface area contributed by atoms with E-state index in [0.717, 1.165) is 11.1 Å². The Balaban J connectivity index is 2.07. The van der Waals surface area contributed by atoms with Crippen LogP contribution in [-0.4, -0.2) is 20.1 Å². The highest BCUT2D eigenvalue weighted by Gasteiger charge is 2.06. The number of hydrogen-bond acceptors (Lipinski definition) is 3. The van der Waals surface area contributed by atoms with Crippen LogP contribution >= 0.6 is 11.6 Å². The van der Waals surface area contributed by atoms with Crippen LogP contribution in [0.5, 0.6) is 11.5 Å². The standard InChI is InChI=1S/C18H18ClNO3/c1-12-4-5-13(10-15(12)19)6-9-18(21)20-14-7-8-16(22-2)17(11-14)23-3/h4-11H,1-3H3,(H,20,21)/b9-6+. The van der Waals surface area contributed by atoms with Crippen LogP contribution in [0.4, 0.5) is 5.69 Å². The molecule has 4 nitrogen and oxygen atoms in total. The molecule has 1 N–H and O–H groups in total. The SMILES string of the molecule is COc1ccc(NC(=O)/C=C/c2ccc(C)c(Cl)c2)cc1OC. The lowest BCUT2D eigenvalue weighted by Gasteiger charge is -2.09. The van der Waals surface area contributed by atoms with Gasteiger partial charge in [0.05, 0.1) is 14.2 Å². The van der Waals surface area contributed by atoms with Crippen LogP contribution in [0.2, 0.25) is 5.02 Å². The number of methoxy groups -OCH3 is 2. The molecule has 5 heteroatoms. The van der Waals surface area contributed by atoms with E-state index >= 15 is 0 Å². The average Bonchev–Trinajstić information content (AvgIpc) is 2.55. The van der Waals surface area contributed by atoms with E-state index in [1.807, 2.05) is 25.1 Å². The van der Waals surface area contributed by atoms with Crippen molar-refractivity contribution < 1.29 is 14.3 Å². The van der Waals surface area contributed by atoms with Crippen LogP contribution in [0.15, 0.2) is 42.5 Å². The molecule has 2 aromatic rings. The smallest absolute Gasteiger partial charge is 0.248 e. The molecular weight excluding hydrogens is 314 g/mol. The van der Waals surface area contributed by atoms with Crippen LogP contribution in [0.3, 0.4) is 0 Å². The van der Waals surface area contributed by atoms with Crippen molar-refractivity contribution in [3.63, 3.8) is 0 Å². The maximum atomic E-state index is 12.0. The van der Waals surface area contributed by atoms with Gasteiger partial charge < -0.3 is 14.8 Å². The first-order chi connectivity index (χ1) is 11.0. The molecule has 0 aliphatic carbocycles. The summed E-state index contributed by atoms with van der Waals surface area (Å²) in [6.45, 7) is 1.93.